The van der Waals surface area contributed by atoms with E-state index in [1.165, 1.54) is 5.56 Å². The predicted octanol–water partition coefficient (Wildman–Crippen LogP) is 2.76. The number of hydrogen-bond acceptors (Lipinski definition) is 3. The highest BCUT2D eigenvalue weighted by atomic mass is 16.5. The van der Waals surface area contributed by atoms with Crippen LogP contribution in [0.2, 0.25) is 0 Å². The molecule has 0 saturated carbocycles. The highest BCUT2D eigenvalue weighted by Gasteiger charge is 2.16. The van der Waals surface area contributed by atoms with Gasteiger partial charge in [0.15, 0.2) is 0 Å². The lowest BCUT2D eigenvalue weighted by Crippen LogP contribution is -2.18. The summed E-state index contributed by atoms with van der Waals surface area (Å²) in [5.74, 6) is 0.165. The standard InChI is InChI=1S/C14H21NO2/c1-4-17-14(16)9-13(15)12-8-6-5-7-11(12)10(2)3/h5-8,10,13H,4,9,15H2,1-3H3/t13-/m0/s1. The maximum Gasteiger partial charge on any atom is 0.307 e. The second-order valence-electron chi connectivity index (χ2n) is 4.40. The summed E-state index contributed by atoms with van der Waals surface area (Å²) >= 11 is 0. The smallest absolute Gasteiger partial charge is 0.307 e. The van der Waals surface area contributed by atoms with Gasteiger partial charge in [-0.3, -0.25) is 4.79 Å². The van der Waals surface area contributed by atoms with Gasteiger partial charge in [0.25, 0.3) is 0 Å². The summed E-state index contributed by atoms with van der Waals surface area (Å²) in [5.41, 5.74) is 8.30. The first-order valence-electron chi connectivity index (χ1n) is 6.06. The van der Waals surface area contributed by atoms with E-state index in [4.69, 9.17) is 10.5 Å². The number of esters is 1. The highest BCUT2D eigenvalue weighted by Crippen LogP contribution is 2.25. The molecule has 3 nitrogen and oxygen atoms in total. The molecule has 94 valence electrons. The van der Waals surface area contributed by atoms with Gasteiger partial charge in [-0.25, -0.2) is 0 Å². The Balaban J connectivity index is 2.81. The molecule has 2 N–H and O–H groups in total. The third kappa shape index (κ3) is 3.86. The van der Waals surface area contributed by atoms with Crippen LogP contribution in [0.25, 0.3) is 0 Å². The van der Waals surface area contributed by atoms with E-state index in [2.05, 4.69) is 19.9 Å². The molecule has 1 rings (SSSR count). The van der Waals surface area contributed by atoms with Crippen LogP contribution < -0.4 is 5.73 Å². The molecular weight excluding hydrogens is 214 g/mol. The van der Waals surface area contributed by atoms with Gasteiger partial charge in [0.1, 0.15) is 0 Å². The molecule has 0 amide bonds. The zero-order chi connectivity index (χ0) is 12.8. The Bertz CT molecular complexity index is 374. The summed E-state index contributed by atoms with van der Waals surface area (Å²) in [7, 11) is 0. The van der Waals surface area contributed by atoms with Crippen LogP contribution in [0.15, 0.2) is 24.3 Å². The molecule has 1 aromatic carbocycles. The maximum absolute atomic E-state index is 11.4. The van der Waals surface area contributed by atoms with Gasteiger partial charge in [0.05, 0.1) is 13.0 Å². The molecule has 1 aromatic rings. The fraction of sp³-hybridized carbons (Fsp3) is 0.500. The fourth-order valence-electron chi connectivity index (χ4n) is 1.88. The van der Waals surface area contributed by atoms with E-state index in [1.54, 1.807) is 6.92 Å². The van der Waals surface area contributed by atoms with Crippen LogP contribution in [-0.4, -0.2) is 12.6 Å². The SMILES string of the molecule is CCOC(=O)C[C@H](N)c1ccccc1C(C)C. The molecule has 3 heteroatoms. The van der Waals surface area contributed by atoms with Crippen LogP contribution in [-0.2, 0) is 9.53 Å². The second kappa shape index (κ2) is 6.40. The van der Waals surface area contributed by atoms with Gasteiger partial charge in [-0.15, -0.1) is 0 Å². The van der Waals surface area contributed by atoms with Crippen molar-refractivity contribution in [2.45, 2.75) is 39.2 Å². The van der Waals surface area contributed by atoms with Gasteiger partial charge in [-0.1, -0.05) is 38.1 Å². The Morgan fingerprint density at radius 3 is 2.41 bits per heavy atom. The van der Waals surface area contributed by atoms with Crippen molar-refractivity contribution >= 4 is 5.97 Å². The maximum atomic E-state index is 11.4. The van der Waals surface area contributed by atoms with Crippen LogP contribution >= 0.6 is 0 Å². The van der Waals surface area contributed by atoms with Crippen molar-refractivity contribution in [2.75, 3.05) is 6.61 Å². The molecule has 0 aliphatic rings. The molecule has 0 saturated heterocycles. The summed E-state index contributed by atoms with van der Waals surface area (Å²) in [5, 5.41) is 0. The predicted molar refractivity (Wildman–Crippen MR) is 68.7 cm³/mol. The van der Waals surface area contributed by atoms with Gasteiger partial charge < -0.3 is 10.5 Å². The number of carbonyl (C=O) groups excluding carboxylic acids is 1. The molecule has 0 unspecified atom stereocenters. The quantitative estimate of drug-likeness (QED) is 0.798. The minimum atomic E-state index is -0.285. The average molecular weight is 235 g/mol. The van der Waals surface area contributed by atoms with Crippen molar-refractivity contribution in [2.24, 2.45) is 5.73 Å². The number of hydrogen-bond donors (Lipinski definition) is 1. The monoisotopic (exact) mass is 235 g/mol. The van der Waals surface area contributed by atoms with E-state index in [1.807, 2.05) is 18.2 Å². The first-order valence-corrected chi connectivity index (χ1v) is 6.06. The zero-order valence-corrected chi connectivity index (χ0v) is 10.8. The lowest BCUT2D eigenvalue weighted by atomic mass is 9.92. The Labute approximate surface area is 103 Å². The first-order chi connectivity index (χ1) is 8.06. The highest BCUT2D eigenvalue weighted by molar-refractivity contribution is 5.70. The van der Waals surface area contributed by atoms with Crippen molar-refractivity contribution < 1.29 is 9.53 Å². The molecule has 0 aliphatic heterocycles. The lowest BCUT2D eigenvalue weighted by molar-refractivity contribution is -0.143. The molecule has 0 aromatic heterocycles. The van der Waals surface area contributed by atoms with Crippen LogP contribution in [0, 0.1) is 0 Å². The van der Waals surface area contributed by atoms with Crippen LogP contribution in [0.5, 0.6) is 0 Å². The lowest BCUT2D eigenvalue weighted by Gasteiger charge is -2.17. The number of benzene rings is 1. The molecule has 0 radical (unpaired) electrons. The van der Waals surface area contributed by atoms with E-state index < -0.39 is 0 Å². The zero-order valence-electron chi connectivity index (χ0n) is 10.8. The van der Waals surface area contributed by atoms with Crippen LogP contribution in [0.4, 0.5) is 0 Å². The largest absolute Gasteiger partial charge is 0.466 e. The molecule has 1 atom stereocenters. The summed E-state index contributed by atoms with van der Waals surface area (Å²) < 4.78 is 4.92. The van der Waals surface area contributed by atoms with E-state index in [0.717, 1.165) is 5.56 Å². The second-order valence-corrected chi connectivity index (χ2v) is 4.40. The summed E-state index contributed by atoms with van der Waals surface area (Å²) in [6.07, 6.45) is 0.234. The minimum absolute atomic E-state index is 0.234. The van der Waals surface area contributed by atoms with Crippen molar-refractivity contribution in [3.8, 4) is 0 Å². The molecule has 0 aliphatic carbocycles. The number of rotatable bonds is 5. The van der Waals surface area contributed by atoms with E-state index >= 15 is 0 Å². The number of carbonyl (C=O) groups is 1. The van der Waals surface area contributed by atoms with E-state index in [0.29, 0.717) is 12.5 Å². The van der Waals surface area contributed by atoms with Gasteiger partial charge in [-0.05, 0) is 24.0 Å². The summed E-state index contributed by atoms with van der Waals surface area (Å²) in [6.45, 7) is 6.44. The average Bonchev–Trinajstić information content (AvgIpc) is 2.29. The van der Waals surface area contributed by atoms with Crippen molar-refractivity contribution in [3.05, 3.63) is 35.4 Å². The minimum Gasteiger partial charge on any atom is -0.466 e. The molecule has 0 spiro atoms. The molecule has 0 heterocycles. The van der Waals surface area contributed by atoms with Gasteiger partial charge in [-0.2, -0.15) is 0 Å². The third-order valence-electron chi connectivity index (χ3n) is 2.71. The van der Waals surface area contributed by atoms with Crippen molar-refractivity contribution in [1.29, 1.82) is 0 Å². The van der Waals surface area contributed by atoms with Gasteiger partial charge in [0, 0.05) is 6.04 Å². The molecule has 0 fully saturated rings. The third-order valence-corrected chi connectivity index (χ3v) is 2.71. The fourth-order valence-corrected chi connectivity index (χ4v) is 1.88. The summed E-state index contributed by atoms with van der Waals surface area (Å²) in [6, 6.07) is 7.71. The molecule has 17 heavy (non-hydrogen) atoms. The summed E-state index contributed by atoms with van der Waals surface area (Å²) in [4.78, 5) is 11.4. The Morgan fingerprint density at radius 1 is 1.29 bits per heavy atom. The van der Waals surface area contributed by atoms with Gasteiger partial charge in [0.2, 0.25) is 0 Å². The number of nitrogens with two attached hydrogens (primary N) is 1. The van der Waals surface area contributed by atoms with Crippen LogP contribution in [0.1, 0.15) is 50.3 Å². The van der Waals surface area contributed by atoms with Crippen molar-refractivity contribution in [3.63, 3.8) is 0 Å². The normalized spacial score (nSPS) is 12.5. The molecule has 0 bridgehead atoms. The first kappa shape index (κ1) is 13.7. The Morgan fingerprint density at radius 2 is 1.88 bits per heavy atom. The Kier molecular flexibility index (Phi) is 5.16. The molecular formula is C14H21NO2. The van der Waals surface area contributed by atoms with Gasteiger partial charge >= 0.3 is 5.97 Å². The van der Waals surface area contributed by atoms with E-state index in [9.17, 15) is 4.79 Å². The number of ether oxygens (including phenoxy) is 1. The van der Waals surface area contributed by atoms with Crippen molar-refractivity contribution in [1.82, 2.24) is 0 Å². The topological polar surface area (TPSA) is 52.3 Å². The van der Waals surface area contributed by atoms with E-state index in [-0.39, 0.29) is 18.4 Å². The Hall–Kier alpha value is -1.35. The van der Waals surface area contributed by atoms with Crippen LogP contribution in [0.3, 0.4) is 0 Å².